The van der Waals surface area contributed by atoms with Gasteiger partial charge in [-0.3, -0.25) is 4.68 Å². The molecule has 2 aromatic rings. The van der Waals surface area contributed by atoms with Crippen molar-refractivity contribution in [2.24, 2.45) is 7.05 Å². The number of aromatic nitrogens is 3. The molecule has 1 atom stereocenters. The molecular formula is C12H12ClN3OS. The lowest BCUT2D eigenvalue weighted by molar-refractivity contribution is 0.0740. The first-order chi connectivity index (χ1) is 8.71. The Morgan fingerprint density at radius 2 is 2.17 bits per heavy atom. The van der Waals surface area contributed by atoms with Crippen LogP contribution in [0.1, 0.15) is 11.4 Å². The van der Waals surface area contributed by atoms with Crippen LogP contribution in [0.25, 0.3) is 0 Å². The standard InChI is InChI=1S/C12H12ClN3OS/c1-16-8-14-11(15-16)12(17-6-7-18-12)9-2-4-10(13)5-3-9/h2-5,8H,6-7H2,1H3. The minimum Gasteiger partial charge on any atom is -0.352 e. The number of halogens is 1. The molecule has 1 saturated heterocycles. The van der Waals surface area contributed by atoms with Crippen molar-refractivity contribution in [3.8, 4) is 0 Å². The second kappa shape index (κ2) is 4.57. The third-order valence-electron chi connectivity index (χ3n) is 2.81. The number of aryl methyl sites for hydroxylation is 1. The van der Waals surface area contributed by atoms with Gasteiger partial charge in [0.25, 0.3) is 0 Å². The van der Waals surface area contributed by atoms with Gasteiger partial charge in [-0.15, -0.1) is 11.8 Å². The molecule has 4 nitrogen and oxygen atoms in total. The molecule has 0 amide bonds. The van der Waals surface area contributed by atoms with Gasteiger partial charge in [-0.05, 0) is 12.1 Å². The molecule has 1 aromatic carbocycles. The quantitative estimate of drug-likeness (QED) is 0.848. The van der Waals surface area contributed by atoms with Crippen LogP contribution in [0.2, 0.25) is 5.02 Å². The number of nitrogens with zero attached hydrogens (tertiary/aromatic N) is 3. The first kappa shape index (κ1) is 12.0. The molecule has 18 heavy (non-hydrogen) atoms. The molecule has 1 aromatic heterocycles. The molecule has 1 unspecified atom stereocenters. The Bertz CT molecular complexity index is 549. The smallest absolute Gasteiger partial charge is 0.201 e. The molecule has 0 aliphatic carbocycles. The zero-order chi connectivity index (χ0) is 12.6. The lowest BCUT2D eigenvalue weighted by Crippen LogP contribution is -2.25. The predicted molar refractivity (Wildman–Crippen MR) is 71.6 cm³/mol. The van der Waals surface area contributed by atoms with E-state index < -0.39 is 4.93 Å². The molecule has 0 radical (unpaired) electrons. The van der Waals surface area contributed by atoms with E-state index in [1.165, 1.54) is 0 Å². The van der Waals surface area contributed by atoms with Crippen molar-refractivity contribution in [3.05, 3.63) is 47.0 Å². The van der Waals surface area contributed by atoms with Crippen molar-refractivity contribution >= 4 is 23.4 Å². The average molecular weight is 282 g/mol. The van der Waals surface area contributed by atoms with Gasteiger partial charge in [-0.2, -0.15) is 5.10 Å². The summed E-state index contributed by atoms with van der Waals surface area (Å²) in [6.45, 7) is 0.700. The predicted octanol–water partition coefficient (Wildman–Crippen LogP) is 2.43. The Hall–Kier alpha value is -1.04. The molecule has 0 N–H and O–H groups in total. The summed E-state index contributed by atoms with van der Waals surface area (Å²) in [5.74, 6) is 1.62. The van der Waals surface area contributed by atoms with Gasteiger partial charge in [0.05, 0.1) is 6.61 Å². The molecule has 1 aliphatic rings. The maximum Gasteiger partial charge on any atom is 0.201 e. The number of ether oxygens (including phenoxy) is 1. The van der Waals surface area contributed by atoms with Crippen LogP contribution < -0.4 is 0 Å². The van der Waals surface area contributed by atoms with Gasteiger partial charge < -0.3 is 4.74 Å². The SMILES string of the molecule is Cn1cnc(C2(c3ccc(Cl)cc3)OCCS2)n1. The van der Waals surface area contributed by atoms with Gasteiger partial charge in [0, 0.05) is 23.4 Å². The lowest BCUT2D eigenvalue weighted by atomic mass is 10.1. The van der Waals surface area contributed by atoms with Gasteiger partial charge in [-0.1, -0.05) is 23.7 Å². The summed E-state index contributed by atoms with van der Waals surface area (Å²) in [7, 11) is 1.85. The molecule has 1 aliphatic heterocycles. The van der Waals surface area contributed by atoms with Crippen molar-refractivity contribution < 1.29 is 4.74 Å². The minimum atomic E-state index is -0.591. The number of hydrogen-bond donors (Lipinski definition) is 0. The zero-order valence-corrected chi connectivity index (χ0v) is 11.4. The van der Waals surface area contributed by atoms with E-state index in [1.807, 2.05) is 31.3 Å². The molecule has 0 saturated carbocycles. The molecule has 2 heterocycles. The van der Waals surface area contributed by atoms with Crippen LogP contribution in [0, 0.1) is 0 Å². The summed E-state index contributed by atoms with van der Waals surface area (Å²) in [5, 5.41) is 5.10. The van der Waals surface area contributed by atoms with Gasteiger partial charge >= 0.3 is 0 Å². The van der Waals surface area contributed by atoms with Crippen LogP contribution in [0.5, 0.6) is 0 Å². The minimum absolute atomic E-state index is 0.591. The maximum absolute atomic E-state index is 5.95. The summed E-state index contributed by atoms with van der Waals surface area (Å²) in [6.07, 6.45) is 1.69. The Morgan fingerprint density at radius 3 is 2.72 bits per heavy atom. The van der Waals surface area contributed by atoms with Crippen molar-refractivity contribution in [1.29, 1.82) is 0 Å². The maximum atomic E-state index is 5.95. The second-order valence-corrected chi connectivity index (χ2v) is 5.77. The number of thioether (sulfide) groups is 1. The molecular weight excluding hydrogens is 270 g/mol. The highest BCUT2D eigenvalue weighted by atomic mass is 35.5. The van der Waals surface area contributed by atoms with Crippen LogP contribution in [0.3, 0.4) is 0 Å². The van der Waals surface area contributed by atoms with Crippen molar-refractivity contribution in [3.63, 3.8) is 0 Å². The van der Waals surface area contributed by atoms with Crippen LogP contribution in [0.15, 0.2) is 30.6 Å². The molecule has 94 valence electrons. The van der Waals surface area contributed by atoms with Crippen molar-refractivity contribution in [2.75, 3.05) is 12.4 Å². The summed E-state index contributed by atoms with van der Waals surface area (Å²) in [6, 6.07) is 7.67. The Kier molecular flexibility index (Phi) is 3.05. The Balaban J connectivity index is 2.09. The summed E-state index contributed by atoms with van der Waals surface area (Å²) < 4.78 is 7.64. The van der Waals surface area contributed by atoms with E-state index in [-0.39, 0.29) is 0 Å². The van der Waals surface area contributed by atoms with E-state index in [4.69, 9.17) is 16.3 Å². The molecule has 3 rings (SSSR count). The largest absolute Gasteiger partial charge is 0.352 e. The first-order valence-corrected chi connectivity index (χ1v) is 6.97. The van der Waals surface area contributed by atoms with E-state index in [1.54, 1.807) is 22.8 Å². The molecule has 1 fully saturated rings. The van der Waals surface area contributed by atoms with Crippen LogP contribution >= 0.6 is 23.4 Å². The van der Waals surface area contributed by atoms with Crippen molar-refractivity contribution in [2.45, 2.75) is 4.93 Å². The summed E-state index contributed by atoms with van der Waals surface area (Å²) in [5.41, 5.74) is 1.03. The van der Waals surface area contributed by atoms with E-state index in [0.717, 1.165) is 11.3 Å². The Morgan fingerprint density at radius 1 is 1.39 bits per heavy atom. The van der Waals surface area contributed by atoms with E-state index in [2.05, 4.69) is 10.1 Å². The molecule has 6 heteroatoms. The van der Waals surface area contributed by atoms with E-state index in [0.29, 0.717) is 17.5 Å². The highest BCUT2D eigenvalue weighted by Crippen LogP contribution is 2.46. The highest BCUT2D eigenvalue weighted by Gasteiger charge is 2.43. The normalized spacial score (nSPS) is 23.4. The van der Waals surface area contributed by atoms with E-state index >= 15 is 0 Å². The average Bonchev–Trinajstić information content (AvgIpc) is 2.99. The fourth-order valence-corrected chi connectivity index (χ4v) is 3.27. The fraction of sp³-hybridized carbons (Fsp3) is 0.333. The number of rotatable bonds is 2. The second-order valence-electron chi connectivity index (χ2n) is 4.06. The highest BCUT2D eigenvalue weighted by molar-refractivity contribution is 8.00. The number of hydrogen-bond acceptors (Lipinski definition) is 4. The van der Waals surface area contributed by atoms with Gasteiger partial charge in [0.1, 0.15) is 6.33 Å². The summed E-state index contributed by atoms with van der Waals surface area (Å²) >= 11 is 7.64. The molecule has 0 bridgehead atoms. The van der Waals surface area contributed by atoms with Crippen LogP contribution in [-0.4, -0.2) is 27.1 Å². The third-order valence-corrected chi connectivity index (χ3v) is 4.38. The van der Waals surface area contributed by atoms with Crippen LogP contribution in [0.4, 0.5) is 0 Å². The van der Waals surface area contributed by atoms with Gasteiger partial charge in [-0.25, -0.2) is 4.98 Å². The Labute approximate surface area is 114 Å². The topological polar surface area (TPSA) is 39.9 Å². The number of benzene rings is 1. The summed E-state index contributed by atoms with van der Waals surface area (Å²) in [4.78, 5) is 3.75. The fourth-order valence-electron chi connectivity index (χ4n) is 2.00. The third kappa shape index (κ3) is 1.92. The zero-order valence-electron chi connectivity index (χ0n) is 9.84. The molecule has 0 spiro atoms. The lowest BCUT2D eigenvalue weighted by Gasteiger charge is -2.24. The van der Waals surface area contributed by atoms with Gasteiger partial charge in [0.2, 0.25) is 4.93 Å². The van der Waals surface area contributed by atoms with Crippen LogP contribution in [-0.2, 0) is 16.7 Å². The first-order valence-electron chi connectivity index (χ1n) is 5.61. The van der Waals surface area contributed by atoms with Crippen molar-refractivity contribution in [1.82, 2.24) is 14.8 Å². The van der Waals surface area contributed by atoms with E-state index in [9.17, 15) is 0 Å². The van der Waals surface area contributed by atoms with Gasteiger partial charge in [0.15, 0.2) is 5.82 Å². The monoisotopic (exact) mass is 281 g/mol.